The average Bonchev–Trinajstić information content (AvgIpc) is 2.50. The van der Waals surface area contributed by atoms with Gasteiger partial charge in [-0.3, -0.25) is 0 Å². The minimum Gasteiger partial charge on any atom is -0.487 e. The molecule has 0 spiro atoms. The van der Waals surface area contributed by atoms with Gasteiger partial charge in [0.25, 0.3) is 0 Å². The molecule has 0 aromatic heterocycles. The molecule has 0 aliphatic heterocycles. The van der Waals surface area contributed by atoms with Gasteiger partial charge in [0.05, 0.1) is 11.1 Å². The van der Waals surface area contributed by atoms with Crippen molar-refractivity contribution in [2.24, 2.45) is 0 Å². The third-order valence-corrected chi connectivity index (χ3v) is 3.67. The van der Waals surface area contributed by atoms with Gasteiger partial charge in [-0.1, -0.05) is 61.0 Å². The fourth-order valence-corrected chi connectivity index (χ4v) is 2.50. The summed E-state index contributed by atoms with van der Waals surface area (Å²) >= 11 is 6.17. The van der Waals surface area contributed by atoms with E-state index >= 15 is 0 Å². The molecule has 106 valence electrons. The summed E-state index contributed by atoms with van der Waals surface area (Å²) in [7, 11) is 1.95. The van der Waals surface area contributed by atoms with Gasteiger partial charge >= 0.3 is 0 Å². The molecule has 2 unspecified atom stereocenters. The molecule has 0 heterocycles. The summed E-state index contributed by atoms with van der Waals surface area (Å²) in [6.45, 7) is 2.12. The highest BCUT2D eigenvalue weighted by Gasteiger charge is 2.22. The van der Waals surface area contributed by atoms with Crippen LogP contribution in [0.15, 0.2) is 54.6 Å². The summed E-state index contributed by atoms with van der Waals surface area (Å²) in [5, 5.41) is 3.99. The molecule has 0 fully saturated rings. The molecule has 0 aliphatic rings. The van der Waals surface area contributed by atoms with Gasteiger partial charge in [-0.25, -0.2) is 0 Å². The number of nitrogens with one attached hydrogen (secondary N) is 1. The van der Waals surface area contributed by atoms with Gasteiger partial charge in [0.2, 0.25) is 0 Å². The Labute approximate surface area is 125 Å². The van der Waals surface area contributed by atoms with Crippen LogP contribution in [0.4, 0.5) is 0 Å². The largest absolute Gasteiger partial charge is 0.487 e. The zero-order valence-electron chi connectivity index (χ0n) is 11.8. The lowest BCUT2D eigenvalue weighted by molar-refractivity contribution is 0.152. The molecule has 0 saturated carbocycles. The number of halogens is 1. The highest BCUT2D eigenvalue weighted by molar-refractivity contribution is 6.32. The SMILES string of the molecule is CCC(Oc1ccccc1Cl)C(NC)c1ccccc1. The van der Waals surface area contributed by atoms with Crippen LogP contribution in [-0.2, 0) is 0 Å². The Balaban J connectivity index is 2.20. The number of likely N-dealkylation sites (N-methyl/N-ethyl adjacent to an activating group) is 1. The predicted molar refractivity (Wildman–Crippen MR) is 84.4 cm³/mol. The van der Waals surface area contributed by atoms with Crippen molar-refractivity contribution in [1.29, 1.82) is 0 Å². The van der Waals surface area contributed by atoms with E-state index in [1.165, 1.54) is 5.56 Å². The van der Waals surface area contributed by atoms with Gasteiger partial charge in [-0.15, -0.1) is 0 Å². The quantitative estimate of drug-likeness (QED) is 0.848. The molecule has 2 atom stereocenters. The molecule has 0 radical (unpaired) electrons. The number of hydrogen-bond acceptors (Lipinski definition) is 2. The predicted octanol–water partition coefficient (Wildman–Crippen LogP) is 4.46. The molecule has 2 rings (SSSR count). The monoisotopic (exact) mass is 289 g/mol. The van der Waals surface area contributed by atoms with Crippen LogP contribution < -0.4 is 10.1 Å². The van der Waals surface area contributed by atoms with Crippen molar-refractivity contribution in [3.63, 3.8) is 0 Å². The first-order valence-corrected chi connectivity index (χ1v) is 7.27. The van der Waals surface area contributed by atoms with E-state index in [9.17, 15) is 0 Å². The Hall–Kier alpha value is -1.51. The first kappa shape index (κ1) is 14.9. The van der Waals surface area contributed by atoms with Crippen molar-refractivity contribution in [3.8, 4) is 5.75 Å². The lowest BCUT2D eigenvalue weighted by Gasteiger charge is -2.27. The molecule has 0 saturated heterocycles. The van der Waals surface area contributed by atoms with Crippen LogP contribution in [0.25, 0.3) is 0 Å². The average molecular weight is 290 g/mol. The minimum atomic E-state index is 0.0299. The standard InChI is InChI=1S/C17H20ClNO/c1-3-15(20-16-12-8-7-11-14(16)18)17(19-2)13-9-5-4-6-10-13/h4-12,15,17,19H,3H2,1-2H3. The number of rotatable bonds is 6. The Morgan fingerprint density at radius 3 is 2.30 bits per heavy atom. The molecule has 20 heavy (non-hydrogen) atoms. The van der Waals surface area contributed by atoms with E-state index in [-0.39, 0.29) is 12.1 Å². The zero-order chi connectivity index (χ0) is 14.4. The molecule has 0 amide bonds. The lowest BCUT2D eigenvalue weighted by Crippen LogP contribution is -2.33. The Morgan fingerprint density at radius 2 is 1.70 bits per heavy atom. The first-order chi connectivity index (χ1) is 9.76. The van der Waals surface area contributed by atoms with Crippen LogP contribution in [0, 0.1) is 0 Å². The minimum absolute atomic E-state index is 0.0299. The van der Waals surface area contributed by atoms with E-state index in [4.69, 9.17) is 16.3 Å². The maximum Gasteiger partial charge on any atom is 0.138 e. The van der Waals surface area contributed by atoms with Crippen LogP contribution in [0.5, 0.6) is 5.75 Å². The second kappa shape index (κ2) is 7.32. The summed E-state index contributed by atoms with van der Waals surface area (Å²) in [4.78, 5) is 0. The van der Waals surface area contributed by atoms with E-state index in [0.29, 0.717) is 5.02 Å². The molecule has 2 nitrogen and oxygen atoms in total. The second-order valence-electron chi connectivity index (χ2n) is 4.67. The van der Waals surface area contributed by atoms with Crippen LogP contribution in [0.1, 0.15) is 24.9 Å². The van der Waals surface area contributed by atoms with Gasteiger partial charge in [-0.05, 0) is 31.2 Å². The second-order valence-corrected chi connectivity index (χ2v) is 5.08. The van der Waals surface area contributed by atoms with Crippen molar-refractivity contribution in [2.45, 2.75) is 25.5 Å². The fraction of sp³-hybridized carbons (Fsp3) is 0.294. The topological polar surface area (TPSA) is 21.3 Å². The molecule has 2 aromatic carbocycles. The Morgan fingerprint density at radius 1 is 1.05 bits per heavy atom. The Bertz CT molecular complexity index is 530. The molecule has 0 aliphatic carbocycles. The van der Waals surface area contributed by atoms with Crippen LogP contribution >= 0.6 is 11.6 Å². The van der Waals surface area contributed by atoms with Crippen LogP contribution in [0.2, 0.25) is 5.02 Å². The summed E-state index contributed by atoms with van der Waals surface area (Å²) in [6.07, 6.45) is 0.924. The third-order valence-electron chi connectivity index (χ3n) is 3.36. The first-order valence-electron chi connectivity index (χ1n) is 6.89. The maximum atomic E-state index is 6.17. The zero-order valence-corrected chi connectivity index (χ0v) is 12.6. The summed E-state index contributed by atoms with van der Waals surface area (Å²) in [5.41, 5.74) is 1.22. The fourth-order valence-electron chi connectivity index (χ4n) is 2.32. The number of hydrogen-bond donors (Lipinski definition) is 1. The van der Waals surface area contributed by atoms with Gasteiger partial charge in [0.15, 0.2) is 0 Å². The summed E-state index contributed by atoms with van der Waals surface area (Å²) < 4.78 is 6.11. The molecular weight excluding hydrogens is 270 g/mol. The molecule has 2 aromatic rings. The molecule has 3 heteroatoms. The van der Waals surface area contributed by atoms with Crippen molar-refractivity contribution < 1.29 is 4.74 Å². The van der Waals surface area contributed by atoms with Crippen molar-refractivity contribution in [3.05, 3.63) is 65.2 Å². The van der Waals surface area contributed by atoms with Gasteiger partial charge in [0.1, 0.15) is 11.9 Å². The maximum absolute atomic E-state index is 6.17. The summed E-state index contributed by atoms with van der Waals surface area (Å²) in [5.74, 6) is 0.734. The Kier molecular flexibility index (Phi) is 5.45. The van der Waals surface area contributed by atoms with E-state index in [1.54, 1.807) is 0 Å². The lowest BCUT2D eigenvalue weighted by atomic mass is 9.99. The van der Waals surface area contributed by atoms with Gasteiger partial charge < -0.3 is 10.1 Å². The third kappa shape index (κ3) is 3.53. The van der Waals surface area contributed by atoms with E-state index in [2.05, 4.69) is 24.4 Å². The van der Waals surface area contributed by atoms with Crippen molar-refractivity contribution in [1.82, 2.24) is 5.32 Å². The number of benzene rings is 2. The molecular formula is C17H20ClNO. The van der Waals surface area contributed by atoms with E-state index in [0.717, 1.165) is 12.2 Å². The number of ether oxygens (including phenoxy) is 1. The van der Waals surface area contributed by atoms with Gasteiger partial charge in [0, 0.05) is 0 Å². The van der Waals surface area contributed by atoms with Gasteiger partial charge in [-0.2, -0.15) is 0 Å². The normalized spacial score (nSPS) is 13.8. The summed E-state index contributed by atoms with van der Waals surface area (Å²) in [6, 6.07) is 18.1. The van der Waals surface area contributed by atoms with Crippen molar-refractivity contribution >= 4 is 11.6 Å². The van der Waals surface area contributed by atoms with Crippen LogP contribution in [-0.4, -0.2) is 13.2 Å². The smallest absolute Gasteiger partial charge is 0.138 e. The highest BCUT2D eigenvalue weighted by Crippen LogP contribution is 2.29. The molecule has 0 bridgehead atoms. The highest BCUT2D eigenvalue weighted by atomic mass is 35.5. The van der Waals surface area contributed by atoms with E-state index < -0.39 is 0 Å². The van der Waals surface area contributed by atoms with E-state index in [1.807, 2.05) is 49.5 Å². The van der Waals surface area contributed by atoms with Crippen molar-refractivity contribution in [2.75, 3.05) is 7.05 Å². The van der Waals surface area contributed by atoms with Crippen LogP contribution in [0.3, 0.4) is 0 Å². The number of para-hydroxylation sites is 1. The molecule has 1 N–H and O–H groups in total.